The number of nitrogens with one attached hydrogen (secondary N) is 2. The topological polar surface area (TPSA) is 59.6 Å². The lowest BCUT2D eigenvalue weighted by atomic mass is 10.2. The van der Waals surface area contributed by atoms with Crippen molar-refractivity contribution in [1.82, 2.24) is 10.6 Å². The number of hydrogen-bond acceptors (Lipinski definition) is 4. The smallest absolute Gasteiger partial charge is 0.255 e. The van der Waals surface area contributed by atoms with Gasteiger partial charge in [-0.3, -0.25) is 4.79 Å². The maximum absolute atomic E-state index is 12.5. The van der Waals surface area contributed by atoms with E-state index < -0.39 is 0 Å². The van der Waals surface area contributed by atoms with Crippen LogP contribution in [0.2, 0.25) is 0 Å². The largest absolute Gasteiger partial charge is 0.490 e. The van der Waals surface area contributed by atoms with Gasteiger partial charge in [-0.1, -0.05) is 31.2 Å². The number of likely N-dealkylation sites (N-methyl/N-ethyl adjacent to an activating group) is 1. The molecule has 0 bridgehead atoms. The SMILES string of the molecule is CCN[C@H](C)CNC(=O)c1ccccc1Oc1ccccc1OCC.Cl. The molecule has 0 aliphatic rings. The molecule has 0 unspecified atom stereocenters. The van der Waals surface area contributed by atoms with Crippen molar-refractivity contribution in [2.75, 3.05) is 19.7 Å². The average Bonchev–Trinajstić information content (AvgIpc) is 2.62. The van der Waals surface area contributed by atoms with Gasteiger partial charge in [0.25, 0.3) is 5.91 Å². The van der Waals surface area contributed by atoms with Crippen molar-refractivity contribution >= 4 is 18.3 Å². The Morgan fingerprint density at radius 1 is 1.00 bits per heavy atom. The van der Waals surface area contributed by atoms with Gasteiger partial charge >= 0.3 is 0 Å². The van der Waals surface area contributed by atoms with Crippen LogP contribution in [0.1, 0.15) is 31.1 Å². The summed E-state index contributed by atoms with van der Waals surface area (Å²) in [5.41, 5.74) is 0.498. The van der Waals surface area contributed by atoms with E-state index in [0.29, 0.717) is 36.0 Å². The van der Waals surface area contributed by atoms with Crippen LogP contribution in [0.25, 0.3) is 0 Å². The van der Waals surface area contributed by atoms with Crippen LogP contribution in [0.3, 0.4) is 0 Å². The van der Waals surface area contributed by atoms with E-state index in [-0.39, 0.29) is 24.4 Å². The summed E-state index contributed by atoms with van der Waals surface area (Å²) < 4.78 is 11.5. The van der Waals surface area contributed by atoms with Gasteiger partial charge in [0.2, 0.25) is 0 Å². The van der Waals surface area contributed by atoms with Crippen molar-refractivity contribution in [3.05, 3.63) is 54.1 Å². The van der Waals surface area contributed by atoms with Crippen molar-refractivity contribution in [2.24, 2.45) is 0 Å². The Morgan fingerprint density at radius 3 is 2.27 bits per heavy atom. The maximum Gasteiger partial charge on any atom is 0.255 e. The lowest BCUT2D eigenvalue weighted by Gasteiger charge is -2.16. The van der Waals surface area contributed by atoms with Gasteiger partial charge in [-0.25, -0.2) is 0 Å². The van der Waals surface area contributed by atoms with E-state index in [2.05, 4.69) is 10.6 Å². The molecule has 2 rings (SSSR count). The molecule has 0 spiro atoms. The molecule has 142 valence electrons. The summed E-state index contributed by atoms with van der Waals surface area (Å²) in [4.78, 5) is 12.5. The first-order chi connectivity index (χ1) is 12.2. The highest BCUT2D eigenvalue weighted by Gasteiger charge is 2.15. The van der Waals surface area contributed by atoms with Crippen LogP contribution in [-0.2, 0) is 0 Å². The molecule has 0 aromatic heterocycles. The zero-order valence-corrected chi connectivity index (χ0v) is 16.3. The third-order valence-corrected chi connectivity index (χ3v) is 3.62. The molecule has 2 N–H and O–H groups in total. The minimum absolute atomic E-state index is 0. The van der Waals surface area contributed by atoms with Gasteiger partial charge in [0.15, 0.2) is 11.5 Å². The van der Waals surface area contributed by atoms with E-state index in [4.69, 9.17) is 9.47 Å². The second kappa shape index (κ2) is 11.4. The molecule has 2 aromatic rings. The van der Waals surface area contributed by atoms with Gasteiger partial charge in [0, 0.05) is 12.6 Å². The molecule has 1 atom stereocenters. The summed E-state index contributed by atoms with van der Waals surface area (Å²) in [5, 5.41) is 6.20. The number of hydrogen-bond donors (Lipinski definition) is 2. The Hall–Kier alpha value is -2.24. The van der Waals surface area contributed by atoms with Gasteiger partial charge in [-0.05, 0) is 44.7 Å². The molecule has 0 aliphatic heterocycles. The molecule has 5 nitrogen and oxygen atoms in total. The third-order valence-electron chi connectivity index (χ3n) is 3.62. The average molecular weight is 379 g/mol. The van der Waals surface area contributed by atoms with Crippen molar-refractivity contribution < 1.29 is 14.3 Å². The predicted octanol–water partition coefficient (Wildman–Crippen LogP) is 4.03. The van der Waals surface area contributed by atoms with Crippen molar-refractivity contribution in [1.29, 1.82) is 0 Å². The van der Waals surface area contributed by atoms with E-state index in [1.54, 1.807) is 12.1 Å². The summed E-state index contributed by atoms with van der Waals surface area (Å²) in [6, 6.07) is 14.8. The number of para-hydroxylation sites is 3. The van der Waals surface area contributed by atoms with E-state index in [0.717, 1.165) is 6.54 Å². The van der Waals surface area contributed by atoms with Crippen LogP contribution >= 0.6 is 12.4 Å². The quantitative estimate of drug-likeness (QED) is 0.691. The molecule has 0 saturated carbocycles. The highest BCUT2D eigenvalue weighted by Crippen LogP contribution is 2.32. The number of rotatable bonds is 9. The number of carbonyl (C=O) groups is 1. The van der Waals surface area contributed by atoms with Gasteiger partial charge in [-0.2, -0.15) is 0 Å². The van der Waals surface area contributed by atoms with Crippen LogP contribution < -0.4 is 20.1 Å². The van der Waals surface area contributed by atoms with Gasteiger partial charge < -0.3 is 20.1 Å². The predicted molar refractivity (Wildman–Crippen MR) is 107 cm³/mol. The zero-order valence-electron chi connectivity index (χ0n) is 15.5. The van der Waals surface area contributed by atoms with Gasteiger partial charge in [0.1, 0.15) is 5.75 Å². The van der Waals surface area contributed by atoms with E-state index in [1.165, 1.54) is 0 Å². The first-order valence-electron chi connectivity index (χ1n) is 8.66. The Balaban J connectivity index is 0.00000338. The molecular weight excluding hydrogens is 352 g/mol. The third kappa shape index (κ3) is 6.24. The second-order valence-corrected chi connectivity index (χ2v) is 5.65. The Morgan fingerprint density at radius 2 is 1.62 bits per heavy atom. The molecule has 6 heteroatoms. The molecule has 0 heterocycles. The first-order valence-corrected chi connectivity index (χ1v) is 8.66. The highest BCUT2D eigenvalue weighted by atomic mass is 35.5. The summed E-state index contributed by atoms with van der Waals surface area (Å²) in [6.45, 7) is 7.96. The van der Waals surface area contributed by atoms with Crippen LogP contribution in [0.5, 0.6) is 17.2 Å². The zero-order chi connectivity index (χ0) is 18.1. The summed E-state index contributed by atoms with van der Waals surface area (Å²) in [5.74, 6) is 1.59. The number of carbonyl (C=O) groups excluding carboxylic acids is 1. The van der Waals surface area contributed by atoms with Crippen molar-refractivity contribution in [2.45, 2.75) is 26.8 Å². The minimum Gasteiger partial charge on any atom is -0.490 e. The number of ether oxygens (including phenoxy) is 2. The van der Waals surface area contributed by atoms with Crippen molar-refractivity contribution in [3.8, 4) is 17.2 Å². The maximum atomic E-state index is 12.5. The molecular formula is C20H27ClN2O3. The lowest BCUT2D eigenvalue weighted by molar-refractivity contribution is 0.0948. The second-order valence-electron chi connectivity index (χ2n) is 5.65. The fourth-order valence-electron chi connectivity index (χ4n) is 2.43. The monoisotopic (exact) mass is 378 g/mol. The molecule has 0 radical (unpaired) electrons. The normalized spacial score (nSPS) is 11.2. The van der Waals surface area contributed by atoms with Gasteiger partial charge in [0.05, 0.1) is 12.2 Å². The molecule has 0 fully saturated rings. The van der Waals surface area contributed by atoms with Crippen LogP contribution in [0.15, 0.2) is 48.5 Å². The molecule has 1 amide bonds. The minimum atomic E-state index is -0.158. The van der Waals surface area contributed by atoms with E-state index in [1.807, 2.05) is 57.2 Å². The standard InChI is InChI=1S/C20H26N2O3.ClH/c1-4-21-15(3)14-22-20(23)16-10-6-7-11-17(16)25-19-13-9-8-12-18(19)24-5-2;/h6-13,15,21H,4-5,14H2,1-3H3,(H,22,23);1H/t15-;/m1./s1. The summed E-state index contributed by atoms with van der Waals surface area (Å²) in [6.07, 6.45) is 0. The summed E-state index contributed by atoms with van der Waals surface area (Å²) in [7, 11) is 0. The highest BCUT2D eigenvalue weighted by molar-refractivity contribution is 5.97. The molecule has 26 heavy (non-hydrogen) atoms. The lowest BCUT2D eigenvalue weighted by Crippen LogP contribution is -2.38. The number of halogens is 1. The Bertz CT molecular complexity index is 694. The van der Waals surface area contributed by atoms with Gasteiger partial charge in [-0.15, -0.1) is 12.4 Å². The fourth-order valence-corrected chi connectivity index (χ4v) is 2.43. The fraction of sp³-hybridized carbons (Fsp3) is 0.350. The van der Waals surface area contributed by atoms with Crippen molar-refractivity contribution in [3.63, 3.8) is 0 Å². The molecule has 0 aliphatic carbocycles. The Kier molecular flexibility index (Phi) is 9.55. The summed E-state index contributed by atoms with van der Waals surface area (Å²) >= 11 is 0. The van der Waals surface area contributed by atoms with Crippen LogP contribution in [-0.4, -0.2) is 31.6 Å². The number of amides is 1. The van der Waals surface area contributed by atoms with Crippen LogP contribution in [0, 0.1) is 0 Å². The Labute approximate surface area is 161 Å². The van der Waals surface area contributed by atoms with E-state index in [9.17, 15) is 4.79 Å². The first kappa shape index (κ1) is 21.8. The number of benzene rings is 2. The van der Waals surface area contributed by atoms with Crippen LogP contribution in [0.4, 0.5) is 0 Å². The molecule has 0 saturated heterocycles. The van der Waals surface area contributed by atoms with E-state index >= 15 is 0 Å². The molecule has 2 aromatic carbocycles.